The molecule has 1 atom stereocenters. The second kappa shape index (κ2) is 9.91. The minimum absolute atomic E-state index is 0.169. The van der Waals surface area contributed by atoms with E-state index in [1.54, 1.807) is 0 Å². The molecule has 144 valence electrons. The molecule has 1 amide bonds. The molecule has 2 aromatic rings. The number of aryl methyl sites for hydroxylation is 1. The summed E-state index contributed by atoms with van der Waals surface area (Å²) in [7, 11) is 0. The monoisotopic (exact) mass is 384 g/mol. The van der Waals surface area contributed by atoms with Crippen LogP contribution < -0.4 is 5.32 Å². The van der Waals surface area contributed by atoms with Gasteiger partial charge in [-0.05, 0) is 48.9 Å². The lowest BCUT2D eigenvalue weighted by Gasteiger charge is -2.37. The van der Waals surface area contributed by atoms with Gasteiger partial charge in [0.25, 0.3) is 0 Å². The number of nitrogens with one attached hydrogen (secondary N) is 1. The number of carbonyl (C=O) groups excluding carboxylic acids is 1. The van der Waals surface area contributed by atoms with Crippen molar-refractivity contribution in [3.05, 3.63) is 70.7 Å². The van der Waals surface area contributed by atoms with E-state index < -0.39 is 0 Å². The molecule has 0 saturated carbocycles. The van der Waals surface area contributed by atoms with E-state index in [-0.39, 0.29) is 5.91 Å². The highest BCUT2D eigenvalue weighted by atomic mass is 35.5. The second-order valence-electron chi connectivity index (χ2n) is 7.34. The van der Waals surface area contributed by atoms with Crippen molar-refractivity contribution in [1.82, 2.24) is 10.2 Å². The molecule has 1 unspecified atom stereocenters. The number of benzene rings is 2. The van der Waals surface area contributed by atoms with Gasteiger partial charge in [0.15, 0.2) is 0 Å². The summed E-state index contributed by atoms with van der Waals surface area (Å²) in [4.78, 5) is 14.8. The highest BCUT2D eigenvalue weighted by Gasteiger charge is 2.25. The fourth-order valence-electron chi connectivity index (χ4n) is 3.95. The molecule has 0 radical (unpaired) electrons. The number of hydrogen-bond acceptors (Lipinski definition) is 2. The Morgan fingerprint density at radius 1 is 1.11 bits per heavy atom. The fraction of sp³-hybridized carbons (Fsp3) is 0.435. The Kier molecular flexibility index (Phi) is 7.31. The fourth-order valence-corrected chi connectivity index (χ4v) is 4.07. The molecule has 0 aliphatic carbocycles. The van der Waals surface area contributed by atoms with E-state index >= 15 is 0 Å². The zero-order chi connectivity index (χ0) is 19.1. The van der Waals surface area contributed by atoms with Crippen LogP contribution in [0.5, 0.6) is 0 Å². The van der Waals surface area contributed by atoms with Crippen molar-refractivity contribution in [3.8, 4) is 0 Å². The van der Waals surface area contributed by atoms with Gasteiger partial charge < -0.3 is 5.32 Å². The van der Waals surface area contributed by atoms with Crippen LogP contribution in [0.2, 0.25) is 5.02 Å². The number of rotatable bonds is 7. The molecule has 1 saturated heterocycles. The van der Waals surface area contributed by atoms with Crippen LogP contribution in [-0.4, -0.2) is 29.9 Å². The molecule has 2 aromatic carbocycles. The van der Waals surface area contributed by atoms with Crippen molar-refractivity contribution in [3.63, 3.8) is 0 Å². The smallest absolute Gasteiger partial charge is 0.220 e. The van der Waals surface area contributed by atoms with E-state index in [4.69, 9.17) is 11.6 Å². The molecule has 27 heavy (non-hydrogen) atoms. The van der Waals surface area contributed by atoms with Crippen LogP contribution in [0.3, 0.4) is 0 Å². The maximum atomic E-state index is 12.3. The predicted molar refractivity (Wildman–Crippen MR) is 112 cm³/mol. The summed E-state index contributed by atoms with van der Waals surface area (Å²) < 4.78 is 0. The molecule has 1 fully saturated rings. The molecule has 0 aromatic heterocycles. The molecule has 1 heterocycles. The lowest BCUT2D eigenvalue weighted by atomic mass is 9.97. The Balaban J connectivity index is 1.45. The number of nitrogens with zero attached hydrogens (tertiary/aromatic N) is 1. The summed E-state index contributed by atoms with van der Waals surface area (Å²) in [5.41, 5.74) is 2.54. The summed E-state index contributed by atoms with van der Waals surface area (Å²) in [6, 6.07) is 19.1. The Hall–Kier alpha value is -1.84. The molecule has 0 spiro atoms. The van der Waals surface area contributed by atoms with Crippen LogP contribution in [0.25, 0.3) is 0 Å². The topological polar surface area (TPSA) is 32.3 Å². The third-order valence-corrected chi connectivity index (χ3v) is 5.71. The second-order valence-corrected chi connectivity index (χ2v) is 7.78. The third-order valence-electron chi connectivity index (χ3n) is 5.46. The van der Waals surface area contributed by atoms with Crippen LogP contribution in [-0.2, 0) is 11.2 Å². The summed E-state index contributed by atoms with van der Waals surface area (Å²) in [5, 5.41) is 4.01. The van der Waals surface area contributed by atoms with Crippen LogP contribution >= 0.6 is 11.6 Å². The average molecular weight is 385 g/mol. The molecule has 4 heteroatoms. The molecule has 1 aliphatic heterocycles. The van der Waals surface area contributed by atoms with E-state index in [9.17, 15) is 4.79 Å². The zero-order valence-electron chi connectivity index (χ0n) is 16.0. The number of halogens is 1. The molecular weight excluding hydrogens is 356 g/mol. The number of hydrogen-bond donors (Lipinski definition) is 1. The first-order valence-electron chi connectivity index (χ1n) is 9.98. The molecule has 1 aliphatic rings. The summed E-state index contributed by atoms with van der Waals surface area (Å²) in [6.07, 6.45) is 4.48. The zero-order valence-corrected chi connectivity index (χ0v) is 16.8. The van der Waals surface area contributed by atoms with Crippen LogP contribution in [0.4, 0.5) is 0 Å². The van der Waals surface area contributed by atoms with Gasteiger partial charge in [0, 0.05) is 36.6 Å². The van der Waals surface area contributed by atoms with Gasteiger partial charge in [0.05, 0.1) is 0 Å². The minimum atomic E-state index is 0.169. The highest BCUT2D eigenvalue weighted by Crippen LogP contribution is 2.28. The minimum Gasteiger partial charge on any atom is -0.353 e. The number of likely N-dealkylation sites (tertiary alicyclic amines) is 1. The van der Waals surface area contributed by atoms with Gasteiger partial charge in [-0.15, -0.1) is 0 Å². The third kappa shape index (κ3) is 5.82. The first-order valence-corrected chi connectivity index (χ1v) is 10.4. The van der Waals surface area contributed by atoms with Crippen LogP contribution in [0.1, 0.15) is 49.8 Å². The first-order chi connectivity index (χ1) is 13.2. The standard InChI is InChI=1S/C23H29ClN2O/c1-2-22(19-9-11-20(24)12-10-19)26-16-14-21(15-17-26)25-23(27)13-8-18-6-4-3-5-7-18/h3-7,9-12,21-22H,2,8,13-17H2,1H3,(H,25,27). The summed E-state index contributed by atoms with van der Waals surface area (Å²) >= 11 is 6.02. The van der Waals surface area contributed by atoms with E-state index in [1.165, 1.54) is 11.1 Å². The lowest BCUT2D eigenvalue weighted by Crippen LogP contribution is -2.45. The molecule has 3 rings (SSSR count). The van der Waals surface area contributed by atoms with Crippen LogP contribution in [0, 0.1) is 0 Å². The molecular formula is C23H29ClN2O. The van der Waals surface area contributed by atoms with E-state index in [0.717, 1.165) is 43.8 Å². The van der Waals surface area contributed by atoms with Gasteiger partial charge in [0.1, 0.15) is 0 Å². The Morgan fingerprint density at radius 2 is 1.78 bits per heavy atom. The number of amides is 1. The molecule has 3 nitrogen and oxygen atoms in total. The maximum Gasteiger partial charge on any atom is 0.220 e. The van der Waals surface area contributed by atoms with Gasteiger partial charge in [0.2, 0.25) is 5.91 Å². The van der Waals surface area contributed by atoms with Crippen molar-refractivity contribution in [2.75, 3.05) is 13.1 Å². The quantitative estimate of drug-likeness (QED) is 0.728. The number of carbonyl (C=O) groups is 1. The maximum absolute atomic E-state index is 12.3. The van der Waals surface area contributed by atoms with Crippen molar-refractivity contribution < 1.29 is 4.79 Å². The normalized spacial score (nSPS) is 16.8. The summed E-state index contributed by atoms with van der Waals surface area (Å²) in [5.74, 6) is 0.169. The van der Waals surface area contributed by atoms with E-state index in [0.29, 0.717) is 18.5 Å². The van der Waals surface area contributed by atoms with Crippen molar-refractivity contribution in [2.45, 2.75) is 51.1 Å². The summed E-state index contributed by atoms with van der Waals surface area (Å²) in [6.45, 7) is 4.27. The lowest BCUT2D eigenvalue weighted by molar-refractivity contribution is -0.122. The van der Waals surface area contributed by atoms with Gasteiger partial charge in [-0.3, -0.25) is 9.69 Å². The van der Waals surface area contributed by atoms with Gasteiger partial charge in [-0.2, -0.15) is 0 Å². The Morgan fingerprint density at radius 3 is 2.41 bits per heavy atom. The van der Waals surface area contributed by atoms with E-state index in [2.05, 4.69) is 41.4 Å². The SMILES string of the molecule is CCC(c1ccc(Cl)cc1)N1CCC(NC(=O)CCc2ccccc2)CC1. The first kappa shape index (κ1) is 19.9. The molecule has 1 N–H and O–H groups in total. The van der Waals surface area contributed by atoms with Gasteiger partial charge in [-0.1, -0.05) is 61.0 Å². The Bertz CT molecular complexity index is 709. The predicted octanol–water partition coefficient (Wildman–Crippen LogP) is 5.00. The Labute approximate surface area is 167 Å². The van der Waals surface area contributed by atoms with Crippen molar-refractivity contribution >= 4 is 17.5 Å². The van der Waals surface area contributed by atoms with Crippen LogP contribution in [0.15, 0.2) is 54.6 Å². The van der Waals surface area contributed by atoms with Crippen molar-refractivity contribution in [2.24, 2.45) is 0 Å². The van der Waals surface area contributed by atoms with Crippen molar-refractivity contribution in [1.29, 1.82) is 0 Å². The molecule has 0 bridgehead atoms. The highest BCUT2D eigenvalue weighted by molar-refractivity contribution is 6.30. The number of piperidine rings is 1. The van der Waals surface area contributed by atoms with E-state index in [1.807, 2.05) is 30.3 Å². The largest absolute Gasteiger partial charge is 0.353 e. The van der Waals surface area contributed by atoms with Gasteiger partial charge >= 0.3 is 0 Å². The average Bonchev–Trinajstić information content (AvgIpc) is 2.70. The van der Waals surface area contributed by atoms with Gasteiger partial charge in [-0.25, -0.2) is 0 Å².